The van der Waals surface area contributed by atoms with Crippen molar-refractivity contribution >= 4 is 17.3 Å². The van der Waals surface area contributed by atoms with Crippen molar-refractivity contribution in [3.05, 3.63) is 64.4 Å². The average molecular weight is 290 g/mol. The Hall–Kier alpha value is -1.54. The average Bonchev–Trinajstić information content (AvgIpc) is 2.37. The van der Waals surface area contributed by atoms with Gasteiger partial charge in [0.1, 0.15) is 5.82 Å². The molecule has 0 bridgehead atoms. The molecule has 3 rings (SSSR count). The highest BCUT2D eigenvalue weighted by Gasteiger charge is 2.30. The van der Waals surface area contributed by atoms with E-state index in [-0.39, 0.29) is 5.82 Å². The molecule has 1 fully saturated rings. The Labute approximate surface area is 123 Å². The number of hydrogen-bond acceptors (Lipinski definition) is 1. The molecule has 0 unspecified atom stereocenters. The molecular weight excluding hydrogens is 273 g/mol. The third kappa shape index (κ3) is 2.80. The first kappa shape index (κ1) is 13.4. The zero-order valence-electron chi connectivity index (χ0n) is 11.4. The Morgan fingerprint density at radius 3 is 2.45 bits per heavy atom. The van der Waals surface area contributed by atoms with E-state index in [1.807, 2.05) is 25.1 Å². The molecule has 1 nitrogen and oxygen atoms in total. The van der Waals surface area contributed by atoms with Crippen molar-refractivity contribution in [2.45, 2.75) is 31.7 Å². The fraction of sp³-hybridized carbons (Fsp3) is 0.294. The third-order valence-corrected chi connectivity index (χ3v) is 4.28. The molecule has 0 atom stereocenters. The molecule has 0 amide bonds. The second kappa shape index (κ2) is 5.45. The molecule has 0 spiro atoms. The zero-order chi connectivity index (χ0) is 14.1. The lowest BCUT2D eigenvalue weighted by Crippen LogP contribution is -2.34. The Kier molecular flexibility index (Phi) is 3.66. The maximum absolute atomic E-state index is 13.1. The number of anilines is 1. The summed E-state index contributed by atoms with van der Waals surface area (Å²) in [4.78, 5) is 0. The van der Waals surface area contributed by atoms with Gasteiger partial charge >= 0.3 is 0 Å². The van der Waals surface area contributed by atoms with Gasteiger partial charge in [0.15, 0.2) is 0 Å². The molecule has 2 aromatic rings. The molecule has 1 saturated carbocycles. The lowest BCUT2D eigenvalue weighted by Gasteiger charge is -2.37. The normalized spacial score (nSPS) is 21.4. The van der Waals surface area contributed by atoms with Gasteiger partial charge in [-0.3, -0.25) is 0 Å². The maximum atomic E-state index is 13.1. The second-order valence-corrected chi connectivity index (χ2v) is 5.96. The van der Waals surface area contributed by atoms with Crippen LogP contribution in [0.1, 0.15) is 29.9 Å². The van der Waals surface area contributed by atoms with Crippen molar-refractivity contribution in [1.82, 2.24) is 0 Å². The van der Waals surface area contributed by atoms with Gasteiger partial charge in [-0.25, -0.2) is 4.39 Å². The van der Waals surface area contributed by atoms with Crippen LogP contribution >= 0.6 is 11.6 Å². The zero-order valence-corrected chi connectivity index (χ0v) is 12.1. The molecule has 0 radical (unpaired) electrons. The Bertz CT molecular complexity index is 603. The summed E-state index contributed by atoms with van der Waals surface area (Å²) in [7, 11) is 0. The first-order valence-corrected chi connectivity index (χ1v) is 7.28. The van der Waals surface area contributed by atoms with E-state index in [0.717, 1.165) is 29.1 Å². The molecule has 2 aromatic carbocycles. The topological polar surface area (TPSA) is 12.0 Å². The van der Waals surface area contributed by atoms with Crippen LogP contribution in [-0.2, 0) is 0 Å². The summed E-state index contributed by atoms with van der Waals surface area (Å²) in [5.41, 5.74) is 3.34. The standard InChI is InChI=1S/C17H17ClFN/c1-11-8-15(19)6-7-17(11)20-16-9-13(10-16)12-2-4-14(18)5-3-12/h2-8,13,16,20H,9-10H2,1H3. The molecule has 3 heteroatoms. The molecule has 1 aliphatic carbocycles. The van der Waals surface area contributed by atoms with Gasteiger partial charge in [-0.2, -0.15) is 0 Å². The Balaban J connectivity index is 1.59. The van der Waals surface area contributed by atoms with Gasteiger partial charge in [0, 0.05) is 16.8 Å². The van der Waals surface area contributed by atoms with Gasteiger partial charge in [-0.05, 0) is 67.1 Å². The lowest BCUT2D eigenvalue weighted by atomic mass is 9.76. The maximum Gasteiger partial charge on any atom is 0.123 e. The molecular formula is C17H17ClFN. The van der Waals surface area contributed by atoms with Crippen molar-refractivity contribution in [2.24, 2.45) is 0 Å². The fourth-order valence-electron chi connectivity index (χ4n) is 2.75. The van der Waals surface area contributed by atoms with Crippen LogP contribution in [0, 0.1) is 12.7 Å². The SMILES string of the molecule is Cc1cc(F)ccc1NC1CC(c2ccc(Cl)cc2)C1. The highest BCUT2D eigenvalue weighted by molar-refractivity contribution is 6.30. The summed E-state index contributed by atoms with van der Waals surface area (Å²) in [6.45, 7) is 1.93. The number of aryl methyl sites for hydroxylation is 1. The van der Waals surface area contributed by atoms with Crippen molar-refractivity contribution in [3.8, 4) is 0 Å². The van der Waals surface area contributed by atoms with Gasteiger partial charge < -0.3 is 5.32 Å². The third-order valence-electron chi connectivity index (χ3n) is 4.03. The first-order valence-electron chi connectivity index (χ1n) is 6.90. The van der Waals surface area contributed by atoms with Crippen molar-refractivity contribution in [3.63, 3.8) is 0 Å². The van der Waals surface area contributed by atoms with E-state index in [9.17, 15) is 4.39 Å². The van der Waals surface area contributed by atoms with E-state index in [4.69, 9.17) is 11.6 Å². The van der Waals surface area contributed by atoms with Crippen molar-refractivity contribution in [1.29, 1.82) is 0 Å². The van der Waals surface area contributed by atoms with E-state index in [2.05, 4.69) is 17.4 Å². The van der Waals surface area contributed by atoms with Crippen LogP contribution in [0.15, 0.2) is 42.5 Å². The second-order valence-electron chi connectivity index (χ2n) is 5.52. The summed E-state index contributed by atoms with van der Waals surface area (Å²) < 4.78 is 13.1. The fourth-order valence-corrected chi connectivity index (χ4v) is 2.88. The summed E-state index contributed by atoms with van der Waals surface area (Å²) in [5.74, 6) is 0.422. The van der Waals surface area contributed by atoms with Crippen LogP contribution in [0.5, 0.6) is 0 Å². The predicted molar refractivity (Wildman–Crippen MR) is 82.0 cm³/mol. The lowest BCUT2D eigenvalue weighted by molar-refractivity contribution is 0.374. The van der Waals surface area contributed by atoms with Crippen molar-refractivity contribution in [2.75, 3.05) is 5.32 Å². The van der Waals surface area contributed by atoms with E-state index >= 15 is 0 Å². The van der Waals surface area contributed by atoms with Gasteiger partial charge in [-0.15, -0.1) is 0 Å². The molecule has 1 aliphatic rings. The molecule has 1 N–H and O–H groups in total. The summed E-state index contributed by atoms with van der Waals surface area (Å²) in [6.07, 6.45) is 2.22. The minimum atomic E-state index is -0.180. The molecule has 20 heavy (non-hydrogen) atoms. The van der Waals surface area contributed by atoms with Crippen LogP contribution in [0.25, 0.3) is 0 Å². The van der Waals surface area contributed by atoms with Crippen LogP contribution in [0.3, 0.4) is 0 Å². The number of benzene rings is 2. The molecule has 0 heterocycles. The van der Waals surface area contributed by atoms with Gasteiger partial charge in [0.25, 0.3) is 0 Å². The Morgan fingerprint density at radius 2 is 1.80 bits per heavy atom. The van der Waals surface area contributed by atoms with Crippen LogP contribution < -0.4 is 5.32 Å². The summed E-state index contributed by atoms with van der Waals surface area (Å²) in [6, 6.07) is 13.5. The quantitative estimate of drug-likeness (QED) is 0.824. The minimum Gasteiger partial charge on any atom is -0.382 e. The van der Waals surface area contributed by atoms with Crippen LogP contribution in [-0.4, -0.2) is 6.04 Å². The van der Waals surface area contributed by atoms with Crippen LogP contribution in [0.4, 0.5) is 10.1 Å². The smallest absolute Gasteiger partial charge is 0.123 e. The number of hydrogen-bond donors (Lipinski definition) is 1. The highest BCUT2D eigenvalue weighted by Crippen LogP contribution is 2.39. The molecule has 104 valence electrons. The largest absolute Gasteiger partial charge is 0.382 e. The molecule has 0 aromatic heterocycles. The summed E-state index contributed by atoms with van der Waals surface area (Å²) in [5, 5.41) is 4.27. The first-order chi connectivity index (χ1) is 9.61. The van der Waals surface area contributed by atoms with E-state index in [1.54, 1.807) is 6.07 Å². The van der Waals surface area contributed by atoms with Crippen LogP contribution in [0.2, 0.25) is 5.02 Å². The van der Waals surface area contributed by atoms with E-state index in [0.29, 0.717) is 12.0 Å². The number of halogens is 2. The van der Waals surface area contributed by atoms with Gasteiger partial charge in [0.2, 0.25) is 0 Å². The minimum absolute atomic E-state index is 0.180. The number of rotatable bonds is 3. The molecule has 0 aliphatic heterocycles. The van der Waals surface area contributed by atoms with Gasteiger partial charge in [-0.1, -0.05) is 23.7 Å². The van der Waals surface area contributed by atoms with E-state index < -0.39 is 0 Å². The molecule has 0 saturated heterocycles. The summed E-state index contributed by atoms with van der Waals surface area (Å²) >= 11 is 5.90. The van der Waals surface area contributed by atoms with Gasteiger partial charge in [0.05, 0.1) is 0 Å². The predicted octanol–water partition coefficient (Wildman–Crippen LogP) is 5.15. The highest BCUT2D eigenvalue weighted by atomic mass is 35.5. The Morgan fingerprint density at radius 1 is 1.10 bits per heavy atom. The number of nitrogens with one attached hydrogen (secondary N) is 1. The monoisotopic (exact) mass is 289 g/mol. The van der Waals surface area contributed by atoms with E-state index in [1.165, 1.54) is 11.6 Å². The van der Waals surface area contributed by atoms with Crippen molar-refractivity contribution < 1.29 is 4.39 Å².